The molecule has 0 atom stereocenters. The summed E-state index contributed by atoms with van der Waals surface area (Å²) in [7, 11) is 0. The average Bonchev–Trinajstić information content (AvgIpc) is 3.34. The first-order valence-corrected chi connectivity index (χ1v) is 11.2. The van der Waals surface area contributed by atoms with E-state index in [2.05, 4.69) is 34.7 Å². The lowest BCUT2D eigenvalue weighted by molar-refractivity contribution is -0.115. The fraction of sp³-hybridized carbons (Fsp3) is 0.208. The van der Waals surface area contributed by atoms with Gasteiger partial charge in [0.25, 0.3) is 5.91 Å². The number of anilines is 2. The highest BCUT2D eigenvalue weighted by Gasteiger charge is 2.16. The van der Waals surface area contributed by atoms with Gasteiger partial charge in [0.1, 0.15) is 16.5 Å². The lowest BCUT2D eigenvalue weighted by Gasteiger charge is -2.14. The minimum absolute atomic E-state index is 0.0983. The molecule has 4 aromatic rings. The fourth-order valence-electron chi connectivity index (χ4n) is 3.60. The maximum Gasteiger partial charge on any atom is 0.256 e. The fourth-order valence-corrected chi connectivity index (χ4v) is 4.59. The molecule has 2 aromatic heterocycles. The molecule has 6 nitrogen and oxygen atoms in total. The second kappa shape index (κ2) is 9.32. The molecule has 2 aromatic carbocycles. The molecule has 0 radical (unpaired) electrons. The third kappa shape index (κ3) is 4.55. The van der Waals surface area contributed by atoms with Crippen LogP contribution in [-0.4, -0.2) is 22.0 Å². The average molecular weight is 451 g/mol. The number of amides is 2. The van der Waals surface area contributed by atoms with Crippen molar-refractivity contribution in [3.63, 3.8) is 0 Å². The van der Waals surface area contributed by atoms with Crippen molar-refractivity contribution in [1.82, 2.24) is 10.2 Å². The van der Waals surface area contributed by atoms with Crippen LogP contribution in [0, 0.1) is 5.82 Å². The minimum Gasteiger partial charge on any atom is -0.325 e. The first kappa shape index (κ1) is 21.7. The number of carbonyl (C=O) groups is 2. The molecule has 0 fully saturated rings. The van der Waals surface area contributed by atoms with Crippen LogP contribution in [0.5, 0.6) is 0 Å². The van der Waals surface area contributed by atoms with Gasteiger partial charge in [0.15, 0.2) is 0 Å². The van der Waals surface area contributed by atoms with E-state index in [9.17, 15) is 14.0 Å². The highest BCUT2D eigenvalue weighted by molar-refractivity contribution is 7.18. The molecule has 8 heteroatoms. The van der Waals surface area contributed by atoms with Crippen molar-refractivity contribution in [3.8, 4) is 0 Å². The van der Waals surface area contributed by atoms with Crippen molar-refractivity contribution in [2.75, 3.05) is 10.6 Å². The van der Waals surface area contributed by atoms with Crippen LogP contribution in [0.3, 0.4) is 0 Å². The summed E-state index contributed by atoms with van der Waals surface area (Å²) in [6, 6.07) is 13.4. The zero-order valence-electron chi connectivity index (χ0n) is 17.8. The largest absolute Gasteiger partial charge is 0.325 e. The number of benzene rings is 2. The summed E-state index contributed by atoms with van der Waals surface area (Å²) in [5, 5.41) is 13.5. The van der Waals surface area contributed by atoms with Gasteiger partial charge in [0.05, 0.1) is 11.8 Å². The molecule has 0 spiro atoms. The van der Waals surface area contributed by atoms with E-state index in [1.165, 1.54) is 35.6 Å². The van der Waals surface area contributed by atoms with Crippen LogP contribution in [0.15, 0.2) is 48.5 Å². The van der Waals surface area contributed by atoms with Gasteiger partial charge in [-0.2, -0.15) is 5.10 Å². The van der Waals surface area contributed by atoms with Gasteiger partial charge in [0.2, 0.25) is 5.91 Å². The summed E-state index contributed by atoms with van der Waals surface area (Å²) in [6.45, 7) is 4.14. The topological polar surface area (TPSA) is 86.9 Å². The number of nitrogens with zero attached hydrogens (tertiary/aromatic N) is 1. The van der Waals surface area contributed by atoms with Crippen molar-refractivity contribution in [2.24, 2.45) is 0 Å². The first-order chi connectivity index (χ1) is 15.5. The number of nitrogens with one attached hydrogen (secondary N) is 3. The minimum atomic E-state index is -0.480. The van der Waals surface area contributed by atoms with Crippen molar-refractivity contribution in [1.29, 1.82) is 0 Å². The zero-order chi connectivity index (χ0) is 22.7. The summed E-state index contributed by atoms with van der Waals surface area (Å²) in [5.74, 6) is -0.600. The summed E-state index contributed by atoms with van der Waals surface area (Å²) >= 11 is 1.39. The molecule has 0 bridgehead atoms. The Kier molecular flexibility index (Phi) is 6.32. The maximum atomic E-state index is 13.4. The van der Waals surface area contributed by atoms with Crippen LogP contribution in [0.2, 0.25) is 0 Å². The van der Waals surface area contributed by atoms with Gasteiger partial charge in [-0.15, -0.1) is 11.3 Å². The SMILES string of the molecule is CCc1cccc(CC)c1NC(=O)Cc1cc2c(NC(=O)c3cccc(F)c3)[nH]nc2s1. The van der Waals surface area contributed by atoms with Crippen LogP contribution in [-0.2, 0) is 24.1 Å². The number of halogens is 1. The molecule has 164 valence electrons. The maximum absolute atomic E-state index is 13.4. The Bertz CT molecular complexity index is 1270. The standard InChI is InChI=1S/C24H23FN4O2S/c1-3-14-7-5-8-15(4-2)21(14)26-20(30)13-18-12-19-22(28-29-24(19)32-18)27-23(31)16-9-6-10-17(25)11-16/h5-12H,3-4,13H2,1-2H3,(H,26,30)(H2,27,28,29,31). The number of para-hydroxylation sites is 1. The molecule has 0 unspecified atom stereocenters. The summed E-state index contributed by atoms with van der Waals surface area (Å²) in [5.41, 5.74) is 3.33. The molecular weight excluding hydrogens is 427 g/mol. The number of H-pyrrole nitrogens is 1. The second-order valence-corrected chi connectivity index (χ2v) is 8.49. The van der Waals surface area contributed by atoms with Gasteiger partial charge < -0.3 is 10.6 Å². The van der Waals surface area contributed by atoms with Gasteiger partial charge in [-0.1, -0.05) is 38.1 Å². The van der Waals surface area contributed by atoms with Gasteiger partial charge >= 0.3 is 0 Å². The summed E-state index contributed by atoms with van der Waals surface area (Å²) < 4.78 is 13.4. The number of aromatic amines is 1. The molecule has 32 heavy (non-hydrogen) atoms. The van der Waals surface area contributed by atoms with E-state index in [0.717, 1.165) is 34.5 Å². The van der Waals surface area contributed by atoms with E-state index in [1.54, 1.807) is 0 Å². The van der Waals surface area contributed by atoms with Crippen LogP contribution >= 0.6 is 11.3 Å². The molecule has 2 amide bonds. The lowest BCUT2D eigenvalue weighted by atomic mass is 10.0. The lowest BCUT2D eigenvalue weighted by Crippen LogP contribution is -2.16. The highest BCUT2D eigenvalue weighted by atomic mass is 32.1. The van der Waals surface area contributed by atoms with Crippen LogP contribution < -0.4 is 10.6 Å². The van der Waals surface area contributed by atoms with Gasteiger partial charge in [0, 0.05) is 16.1 Å². The highest BCUT2D eigenvalue weighted by Crippen LogP contribution is 2.30. The van der Waals surface area contributed by atoms with E-state index in [0.29, 0.717) is 16.0 Å². The molecule has 0 aliphatic heterocycles. The summed E-state index contributed by atoms with van der Waals surface area (Å²) in [6.07, 6.45) is 1.88. The van der Waals surface area contributed by atoms with Gasteiger partial charge in [-0.3, -0.25) is 14.7 Å². The number of aromatic nitrogens is 2. The van der Waals surface area contributed by atoms with E-state index < -0.39 is 11.7 Å². The Morgan fingerprint density at radius 2 is 1.75 bits per heavy atom. The Morgan fingerprint density at radius 3 is 2.44 bits per heavy atom. The van der Waals surface area contributed by atoms with Crippen LogP contribution in [0.4, 0.5) is 15.9 Å². The van der Waals surface area contributed by atoms with Crippen molar-refractivity contribution < 1.29 is 14.0 Å². The van der Waals surface area contributed by atoms with Crippen molar-refractivity contribution >= 4 is 44.9 Å². The predicted octanol–water partition coefficient (Wildman–Crippen LogP) is 5.32. The molecule has 0 saturated heterocycles. The third-order valence-corrected chi connectivity index (χ3v) is 6.25. The Labute approximate surface area is 188 Å². The monoisotopic (exact) mass is 450 g/mol. The first-order valence-electron chi connectivity index (χ1n) is 10.4. The molecule has 3 N–H and O–H groups in total. The quantitative estimate of drug-likeness (QED) is 0.356. The second-order valence-electron chi connectivity index (χ2n) is 7.38. The van der Waals surface area contributed by atoms with E-state index in [4.69, 9.17) is 0 Å². The molecule has 0 aliphatic carbocycles. The van der Waals surface area contributed by atoms with E-state index >= 15 is 0 Å². The number of aryl methyl sites for hydroxylation is 2. The van der Waals surface area contributed by atoms with Gasteiger partial charge in [-0.25, -0.2) is 4.39 Å². The number of carbonyl (C=O) groups excluding carboxylic acids is 2. The normalized spacial score (nSPS) is 11.0. The Morgan fingerprint density at radius 1 is 1.03 bits per heavy atom. The van der Waals surface area contributed by atoms with Crippen molar-refractivity contribution in [3.05, 3.63) is 75.9 Å². The zero-order valence-corrected chi connectivity index (χ0v) is 18.6. The van der Waals surface area contributed by atoms with E-state index in [-0.39, 0.29) is 17.9 Å². The van der Waals surface area contributed by atoms with Crippen LogP contribution in [0.1, 0.15) is 40.2 Å². The molecule has 0 saturated carbocycles. The number of hydrogen-bond donors (Lipinski definition) is 3. The number of thiophene rings is 1. The molecular formula is C24H23FN4O2S. The molecule has 2 heterocycles. The molecule has 0 aliphatic rings. The molecule has 4 rings (SSSR count). The smallest absolute Gasteiger partial charge is 0.256 e. The predicted molar refractivity (Wildman–Crippen MR) is 126 cm³/mol. The number of fused-ring (bicyclic) bond motifs is 1. The Balaban J connectivity index is 1.49. The van der Waals surface area contributed by atoms with E-state index in [1.807, 2.05) is 24.3 Å². The Hall–Kier alpha value is -3.52. The van der Waals surface area contributed by atoms with Gasteiger partial charge in [-0.05, 0) is 48.2 Å². The third-order valence-electron chi connectivity index (χ3n) is 5.23. The summed E-state index contributed by atoms with van der Waals surface area (Å²) in [4.78, 5) is 26.7. The van der Waals surface area contributed by atoms with Crippen LogP contribution in [0.25, 0.3) is 10.2 Å². The number of rotatable bonds is 7. The number of hydrogen-bond acceptors (Lipinski definition) is 4. The van der Waals surface area contributed by atoms with Crippen molar-refractivity contribution in [2.45, 2.75) is 33.1 Å².